The number of ketones is 1. The lowest BCUT2D eigenvalue weighted by atomic mass is 9.96. The normalized spacial score (nSPS) is 12.0. The first-order valence-corrected chi connectivity index (χ1v) is 11.0. The Balaban J connectivity index is 1.81. The molecule has 2 rings (SSSR count). The second-order valence-corrected chi connectivity index (χ2v) is 7.86. The van der Waals surface area contributed by atoms with E-state index in [1.54, 1.807) is 0 Å². The molecule has 0 radical (unpaired) electrons. The number of benzene rings is 2. The molecule has 0 saturated heterocycles. The molecule has 0 heterocycles. The number of carbonyl (C=O) groups is 1. The van der Waals surface area contributed by atoms with Crippen LogP contribution in [-0.2, 0) is 0 Å². The van der Waals surface area contributed by atoms with Crippen LogP contribution in [0.25, 0.3) is 11.1 Å². The molecule has 1 atom stereocenters. The first-order valence-electron chi connectivity index (χ1n) is 11.0. The summed E-state index contributed by atoms with van der Waals surface area (Å²) >= 11 is 0. The molecule has 0 saturated carbocycles. The molecule has 0 aliphatic carbocycles. The third-order valence-corrected chi connectivity index (χ3v) is 5.39. The topological polar surface area (TPSA) is 26.3 Å². The molecule has 2 nitrogen and oxygen atoms in total. The molecule has 0 bridgehead atoms. The van der Waals surface area contributed by atoms with Crippen LogP contribution in [0.1, 0.15) is 82.5 Å². The van der Waals surface area contributed by atoms with Gasteiger partial charge in [-0.25, -0.2) is 0 Å². The van der Waals surface area contributed by atoms with Crippen LogP contribution in [0, 0.1) is 5.92 Å². The number of hydrogen-bond donors (Lipinski definition) is 0. The molecule has 2 aromatic rings. The van der Waals surface area contributed by atoms with Crippen LogP contribution in [0.5, 0.6) is 5.75 Å². The first-order chi connectivity index (χ1) is 13.6. The van der Waals surface area contributed by atoms with Crippen molar-refractivity contribution in [3.8, 4) is 16.9 Å². The Labute approximate surface area is 171 Å². The van der Waals surface area contributed by atoms with Gasteiger partial charge in [0, 0.05) is 12.0 Å². The van der Waals surface area contributed by atoms with Gasteiger partial charge in [0.05, 0.1) is 6.61 Å². The van der Waals surface area contributed by atoms with E-state index in [1.807, 2.05) is 36.4 Å². The molecule has 1 unspecified atom stereocenters. The minimum Gasteiger partial charge on any atom is -0.494 e. The largest absolute Gasteiger partial charge is 0.494 e. The van der Waals surface area contributed by atoms with E-state index in [-0.39, 0.29) is 5.78 Å². The highest BCUT2D eigenvalue weighted by atomic mass is 16.5. The fourth-order valence-electron chi connectivity index (χ4n) is 3.24. The van der Waals surface area contributed by atoms with Gasteiger partial charge in [-0.05, 0) is 35.6 Å². The highest BCUT2D eigenvalue weighted by molar-refractivity contribution is 5.96. The van der Waals surface area contributed by atoms with Crippen molar-refractivity contribution in [3.05, 3.63) is 54.1 Å². The maximum absolute atomic E-state index is 12.3. The van der Waals surface area contributed by atoms with E-state index < -0.39 is 0 Å². The van der Waals surface area contributed by atoms with Crippen molar-refractivity contribution in [1.82, 2.24) is 0 Å². The third kappa shape index (κ3) is 7.50. The number of Topliss-reactive ketones (excluding diaryl/α,β-unsaturated/α-hetero) is 1. The van der Waals surface area contributed by atoms with Gasteiger partial charge in [0.25, 0.3) is 0 Å². The molecule has 28 heavy (non-hydrogen) atoms. The Bertz CT molecular complexity index is 685. The van der Waals surface area contributed by atoms with Gasteiger partial charge in [0.15, 0.2) is 5.78 Å². The van der Waals surface area contributed by atoms with Gasteiger partial charge in [-0.2, -0.15) is 0 Å². The highest BCUT2D eigenvalue weighted by Gasteiger charge is 2.10. The minimum atomic E-state index is 0.236. The zero-order valence-corrected chi connectivity index (χ0v) is 17.9. The van der Waals surface area contributed by atoms with Crippen molar-refractivity contribution in [1.29, 1.82) is 0 Å². The van der Waals surface area contributed by atoms with Crippen LogP contribution in [0.2, 0.25) is 0 Å². The maximum atomic E-state index is 12.3. The number of carbonyl (C=O) groups excluding carboxylic acids is 1. The lowest BCUT2D eigenvalue weighted by molar-refractivity contribution is 0.0963. The van der Waals surface area contributed by atoms with E-state index in [4.69, 9.17) is 4.74 Å². The molecule has 0 aliphatic rings. The fraction of sp³-hybridized carbons (Fsp3) is 0.500. The second kappa shape index (κ2) is 12.4. The van der Waals surface area contributed by atoms with E-state index in [0.717, 1.165) is 41.9 Å². The van der Waals surface area contributed by atoms with Gasteiger partial charge < -0.3 is 4.74 Å². The minimum absolute atomic E-state index is 0.236. The molecular weight excluding hydrogens is 344 g/mol. The monoisotopic (exact) mass is 380 g/mol. The molecule has 152 valence electrons. The molecule has 0 fully saturated rings. The first kappa shape index (κ1) is 22.2. The van der Waals surface area contributed by atoms with Gasteiger partial charge in [-0.3, -0.25) is 4.79 Å². The van der Waals surface area contributed by atoms with Crippen LogP contribution >= 0.6 is 0 Å². The van der Waals surface area contributed by atoms with Gasteiger partial charge in [-0.15, -0.1) is 0 Å². The van der Waals surface area contributed by atoms with Crippen LogP contribution in [0.4, 0.5) is 0 Å². The summed E-state index contributed by atoms with van der Waals surface area (Å²) in [5.74, 6) is 1.60. The van der Waals surface area contributed by atoms with Crippen molar-refractivity contribution in [2.75, 3.05) is 6.61 Å². The molecule has 0 N–H and O–H groups in total. The Hall–Kier alpha value is -2.09. The molecule has 0 spiro atoms. The summed E-state index contributed by atoms with van der Waals surface area (Å²) in [5.41, 5.74) is 3.08. The Morgan fingerprint density at radius 2 is 1.39 bits per heavy atom. The summed E-state index contributed by atoms with van der Waals surface area (Å²) in [6.45, 7) is 7.29. The van der Waals surface area contributed by atoms with Crippen molar-refractivity contribution < 1.29 is 9.53 Å². The Kier molecular flexibility index (Phi) is 9.82. The number of unbranched alkanes of at least 4 members (excludes halogenated alkanes) is 5. The van der Waals surface area contributed by atoms with Crippen LogP contribution in [0.3, 0.4) is 0 Å². The number of rotatable bonds is 13. The summed E-state index contributed by atoms with van der Waals surface area (Å²) in [5, 5.41) is 0. The zero-order valence-electron chi connectivity index (χ0n) is 17.9. The summed E-state index contributed by atoms with van der Waals surface area (Å²) in [6, 6.07) is 16.2. The van der Waals surface area contributed by atoms with Crippen molar-refractivity contribution in [3.63, 3.8) is 0 Å². The van der Waals surface area contributed by atoms with Crippen molar-refractivity contribution in [2.45, 2.75) is 72.1 Å². The fourth-order valence-corrected chi connectivity index (χ4v) is 3.24. The molecule has 0 aromatic heterocycles. The average molecular weight is 381 g/mol. The molecule has 0 aliphatic heterocycles. The van der Waals surface area contributed by atoms with E-state index in [2.05, 4.69) is 32.9 Å². The predicted molar refractivity (Wildman–Crippen MR) is 119 cm³/mol. The highest BCUT2D eigenvalue weighted by Crippen LogP contribution is 2.24. The van der Waals surface area contributed by atoms with E-state index in [0.29, 0.717) is 12.3 Å². The lowest BCUT2D eigenvalue weighted by Gasteiger charge is -2.09. The Morgan fingerprint density at radius 1 is 0.821 bits per heavy atom. The van der Waals surface area contributed by atoms with Crippen LogP contribution in [0.15, 0.2) is 48.5 Å². The molecular formula is C26H36O2. The lowest BCUT2D eigenvalue weighted by Crippen LogP contribution is -2.05. The standard InChI is InChI=1S/C26H36O2/c1-4-6-7-8-9-10-19-28-25-17-15-23(16-18-25)22-11-13-24(14-12-22)26(27)20-21(3)5-2/h11-18,21H,4-10,19-20H2,1-3H3. The smallest absolute Gasteiger partial charge is 0.163 e. The van der Waals surface area contributed by atoms with Gasteiger partial charge in [0.1, 0.15) is 5.75 Å². The molecule has 0 amide bonds. The zero-order chi connectivity index (χ0) is 20.2. The number of ether oxygens (including phenoxy) is 1. The van der Waals surface area contributed by atoms with Gasteiger partial charge in [-0.1, -0.05) is 95.7 Å². The quantitative estimate of drug-likeness (QED) is 0.263. The van der Waals surface area contributed by atoms with Crippen molar-refractivity contribution >= 4 is 5.78 Å². The van der Waals surface area contributed by atoms with E-state index in [9.17, 15) is 4.79 Å². The summed E-state index contributed by atoms with van der Waals surface area (Å²) in [4.78, 5) is 12.3. The average Bonchev–Trinajstić information content (AvgIpc) is 2.73. The number of hydrogen-bond acceptors (Lipinski definition) is 2. The van der Waals surface area contributed by atoms with E-state index in [1.165, 1.54) is 32.1 Å². The van der Waals surface area contributed by atoms with Crippen LogP contribution < -0.4 is 4.74 Å². The van der Waals surface area contributed by atoms with Crippen molar-refractivity contribution in [2.24, 2.45) is 5.92 Å². The van der Waals surface area contributed by atoms with Gasteiger partial charge in [0.2, 0.25) is 0 Å². The van der Waals surface area contributed by atoms with Crippen LogP contribution in [-0.4, -0.2) is 12.4 Å². The van der Waals surface area contributed by atoms with Gasteiger partial charge >= 0.3 is 0 Å². The summed E-state index contributed by atoms with van der Waals surface area (Å²) in [6.07, 6.45) is 9.32. The third-order valence-electron chi connectivity index (χ3n) is 5.39. The second-order valence-electron chi connectivity index (χ2n) is 7.86. The predicted octanol–water partition coefficient (Wildman–Crippen LogP) is 7.71. The maximum Gasteiger partial charge on any atom is 0.163 e. The summed E-state index contributed by atoms with van der Waals surface area (Å²) < 4.78 is 5.86. The SMILES string of the molecule is CCCCCCCCOc1ccc(-c2ccc(C(=O)CC(C)CC)cc2)cc1. The Morgan fingerprint density at radius 3 is 2.00 bits per heavy atom. The summed E-state index contributed by atoms with van der Waals surface area (Å²) in [7, 11) is 0. The molecule has 2 aromatic carbocycles. The molecule has 2 heteroatoms. The van der Waals surface area contributed by atoms with E-state index >= 15 is 0 Å².